The van der Waals surface area contributed by atoms with Crippen molar-refractivity contribution in [3.8, 4) is 0 Å². The van der Waals surface area contributed by atoms with Crippen molar-refractivity contribution >= 4 is 30.4 Å². The zero-order valence-corrected chi connectivity index (χ0v) is 27.0. The van der Waals surface area contributed by atoms with Gasteiger partial charge in [-0.15, -0.1) is 0 Å². The number of unbranched alkanes of at least 4 members (excludes halogenated alkanes) is 13. The van der Waals surface area contributed by atoms with E-state index in [0.29, 0.717) is 25.4 Å². The molecule has 1 atom stereocenters. The Morgan fingerprint density at radius 3 is 1.42 bits per heavy atom. The van der Waals surface area contributed by atoms with E-state index < -0.39 is 14.1 Å². The number of carbonyl (C=O) groups is 2. The monoisotopic (exact) mass is 587 g/mol. The quantitative estimate of drug-likeness (QED) is 0.0825. The summed E-state index contributed by atoms with van der Waals surface area (Å²) in [5, 5.41) is 0. The van der Waals surface area contributed by atoms with Crippen molar-refractivity contribution in [3.63, 3.8) is 0 Å². The molecule has 2 N–H and O–H groups in total. The van der Waals surface area contributed by atoms with Crippen molar-refractivity contribution < 1.29 is 27.0 Å². The number of halogens is 2. The Morgan fingerprint density at radius 1 is 0.639 bits per heavy atom. The average Bonchev–Trinajstić information content (AvgIpc) is 2.82. The maximum atomic E-state index is 12.8. The third-order valence-corrected chi connectivity index (χ3v) is 12.5. The molecule has 8 heteroatoms. The minimum absolute atomic E-state index is 0.233. The van der Waals surface area contributed by atoms with Gasteiger partial charge in [0.2, 0.25) is 0 Å². The summed E-state index contributed by atoms with van der Waals surface area (Å²) in [4.78, 5) is 25.6. The van der Waals surface area contributed by atoms with Crippen molar-refractivity contribution in [2.24, 2.45) is 5.92 Å². The summed E-state index contributed by atoms with van der Waals surface area (Å²) in [6.07, 6.45) is 20.6. The average molecular weight is 589 g/mol. The molecule has 0 aliphatic heterocycles. The second-order valence-electron chi connectivity index (χ2n) is 10.5. The van der Waals surface area contributed by atoms with Crippen molar-refractivity contribution in [1.29, 1.82) is 0 Å². The summed E-state index contributed by atoms with van der Waals surface area (Å²) >= 11 is -5.23. The standard InChI is InChI=1S/2C10H21NO.C8H17O.2ClH.Ti/c2*1-2-3-4-5-6-7-8-9-10(11)12;1-3-5-6-8(4-2)7-9;;;/h2*2-9H2,1H3,(H2,11,12);8H,3-7H2,1-2H3;2*1H;/q;;-1;;;+5/p-4. The van der Waals surface area contributed by atoms with E-state index in [1.54, 1.807) is 0 Å². The molecule has 0 saturated carbocycles. The first-order valence-corrected chi connectivity index (χ1v) is 21.5. The molecule has 0 aromatic heterocycles. The van der Waals surface area contributed by atoms with Crippen molar-refractivity contribution in [1.82, 2.24) is 7.60 Å². The van der Waals surface area contributed by atoms with E-state index in [4.69, 9.17) is 21.9 Å². The molecule has 0 heterocycles. The van der Waals surface area contributed by atoms with Crippen LogP contribution in [0.15, 0.2) is 0 Å². The van der Waals surface area contributed by atoms with Crippen LogP contribution in [-0.2, 0) is 27.0 Å². The number of amides is 2. The molecular formula is C28H57Cl2N2O3Ti. The van der Waals surface area contributed by atoms with Gasteiger partial charge in [-0.3, -0.25) is 0 Å². The van der Waals surface area contributed by atoms with E-state index in [1.165, 1.54) is 51.4 Å². The van der Waals surface area contributed by atoms with Crippen LogP contribution in [0.5, 0.6) is 0 Å². The topological polar surface area (TPSA) is 67.4 Å². The Kier molecular flexibility index (Phi) is 22.2. The van der Waals surface area contributed by atoms with Crippen LogP contribution in [0.2, 0.25) is 0 Å². The predicted octanol–water partition coefficient (Wildman–Crippen LogP) is 9.48. The van der Waals surface area contributed by atoms with E-state index in [2.05, 4.69) is 35.3 Å². The van der Waals surface area contributed by atoms with E-state index in [-0.39, 0.29) is 11.8 Å². The van der Waals surface area contributed by atoms with Crippen molar-refractivity contribution in [2.75, 3.05) is 6.61 Å². The van der Waals surface area contributed by atoms with Gasteiger partial charge in [0.05, 0.1) is 0 Å². The summed E-state index contributed by atoms with van der Waals surface area (Å²) in [6, 6.07) is 0. The van der Waals surface area contributed by atoms with E-state index in [9.17, 15) is 9.59 Å². The summed E-state index contributed by atoms with van der Waals surface area (Å²) in [6.45, 7) is 9.03. The first-order chi connectivity index (χ1) is 17.2. The van der Waals surface area contributed by atoms with Gasteiger partial charge in [0.15, 0.2) is 0 Å². The number of carbonyl (C=O) groups excluding carboxylic acids is 2. The van der Waals surface area contributed by atoms with Crippen LogP contribution >= 0.6 is 18.6 Å². The molecule has 215 valence electrons. The van der Waals surface area contributed by atoms with Crippen LogP contribution in [0.1, 0.15) is 156 Å². The first-order valence-electron chi connectivity index (χ1n) is 15.0. The molecule has 0 saturated heterocycles. The Balaban J connectivity index is 4.87. The van der Waals surface area contributed by atoms with Crippen LogP contribution in [0.3, 0.4) is 0 Å². The predicted molar refractivity (Wildman–Crippen MR) is 152 cm³/mol. The number of hydrogen-bond acceptors (Lipinski definition) is 3. The SMILES string of the molecule is CCCCCCCCCC(=O)[NH][Ti]([Cl])([Cl])([NH]C(=O)CCCCCCCCC)[O]CC(CC)CCCC. The molecule has 0 aromatic carbocycles. The van der Waals surface area contributed by atoms with Gasteiger partial charge >= 0.3 is 234 Å². The third kappa shape index (κ3) is 20.2. The Bertz CT molecular complexity index is 543. The van der Waals surface area contributed by atoms with Gasteiger partial charge in [-0.1, -0.05) is 0 Å². The molecule has 0 rings (SSSR count). The molecule has 0 aromatic rings. The van der Waals surface area contributed by atoms with Gasteiger partial charge in [0.25, 0.3) is 0 Å². The third-order valence-electron chi connectivity index (χ3n) is 6.83. The Morgan fingerprint density at radius 2 is 1.03 bits per heavy atom. The minimum atomic E-state index is -5.23. The second kappa shape index (κ2) is 22.1. The van der Waals surface area contributed by atoms with Gasteiger partial charge in [0.1, 0.15) is 0 Å². The van der Waals surface area contributed by atoms with Gasteiger partial charge in [-0.2, -0.15) is 0 Å². The molecule has 0 radical (unpaired) electrons. The molecule has 0 spiro atoms. The van der Waals surface area contributed by atoms with E-state index in [1.807, 2.05) is 0 Å². The Labute approximate surface area is 232 Å². The molecule has 0 fully saturated rings. The number of nitrogens with one attached hydrogen (secondary N) is 2. The number of hydrogen-bond donors (Lipinski definition) is 2. The zero-order valence-electron chi connectivity index (χ0n) is 23.9. The molecule has 0 aliphatic carbocycles. The van der Waals surface area contributed by atoms with E-state index in [0.717, 1.165) is 64.2 Å². The molecule has 0 bridgehead atoms. The molecule has 2 amide bonds. The molecule has 5 nitrogen and oxygen atoms in total. The fourth-order valence-electron chi connectivity index (χ4n) is 4.34. The van der Waals surface area contributed by atoms with Crippen LogP contribution < -0.4 is 7.60 Å². The molecule has 1 unspecified atom stereocenters. The van der Waals surface area contributed by atoms with Crippen molar-refractivity contribution in [2.45, 2.75) is 156 Å². The zero-order chi connectivity index (χ0) is 27.1. The molecule has 36 heavy (non-hydrogen) atoms. The summed E-state index contributed by atoms with van der Waals surface area (Å²) in [5.41, 5.74) is 0. The van der Waals surface area contributed by atoms with Gasteiger partial charge < -0.3 is 0 Å². The number of rotatable bonds is 25. The van der Waals surface area contributed by atoms with Crippen LogP contribution in [0, 0.1) is 5.92 Å². The van der Waals surface area contributed by atoms with Gasteiger partial charge in [-0.05, 0) is 0 Å². The van der Waals surface area contributed by atoms with Crippen LogP contribution in [0.4, 0.5) is 0 Å². The molecule has 0 aliphatic rings. The second-order valence-corrected chi connectivity index (χ2v) is 21.4. The van der Waals surface area contributed by atoms with Crippen LogP contribution in [-0.4, -0.2) is 18.4 Å². The van der Waals surface area contributed by atoms with Crippen molar-refractivity contribution in [3.05, 3.63) is 0 Å². The van der Waals surface area contributed by atoms with Gasteiger partial charge in [-0.25, -0.2) is 0 Å². The maximum absolute atomic E-state index is 12.8. The first kappa shape index (κ1) is 36.2. The summed E-state index contributed by atoms with van der Waals surface area (Å²) in [7, 11) is 13.8. The van der Waals surface area contributed by atoms with E-state index >= 15 is 0 Å². The fourth-order valence-corrected chi connectivity index (χ4v) is 9.59. The Hall–Kier alpha value is 0.194. The van der Waals surface area contributed by atoms with Gasteiger partial charge in [0, 0.05) is 0 Å². The summed E-state index contributed by atoms with van der Waals surface area (Å²) in [5.74, 6) is -0.169. The molecular weight excluding hydrogens is 531 g/mol. The summed E-state index contributed by atoms with van der Waals surface area (Å²) < 4.78 is 11.7. The fraction of sp³-hybridized carbons (Fsp3) is 0.929. The normalized spacial score (nSPS) is 13.7. The van der Waals surface area contributed by atoms with Crippen LogP contribution in [0.25, 0.3) is 0 Å².